The number of nitrogens with zero attached hydrogens (tertiary/aromatic N) is 3. The molecule has 0 atom stereocenters. The predicted octanol–water partition coefficient (Wildman–Crippen LogP) is 5.20. The van der Waals surface area contributed by atoms with Crippen LogP contribution in [0.5, 0.6) is 11.5 Å². The summed E-state index contributed by atoms with van der Waals surface area (Å²) in [7, 11) is 0. The second-order valence-electron chi connectivity index (χ2n) is 8.58. The maximum atomic E-state index is 13.6. The Bertz CT molecular complexity index is 1480. The molecule has 1 aliphatic heterocycles. The van der Waals surface area contributed by atoms with Crippen LogP contribution in [0, 0.1) is 6.92 Å². The number of anilines is 2. The van der Waals surface area contributed by atoms with Crippen molar-refractivity contribution in [3.05, 3.63) is 105 Å². The van der Waals surface area contributed by atoms with Crippen molar-refractivity contribution in [1.29, 1.82) is 0 Å². The molecule has 0 saturated carbocycles. The van der Waals surface area contributed by atoms with Gasteiger partial charge in [0.2, 0.25) is 0 Å². The number of aromatic nitrogens is 2. The van der Waals surface area contributed by atoms with Crippen LogP contribution in [-0.2, 0) is 4.74 Å². The molecule has 1 N–H and O–H groups in total. The molecule has 1 aromatic heterocycles. The second kappa shape index (κ2) is 10.9. The fourth-order valence-corrected chi connectivity index (χ4v) is 4.24. The summed E-state index contributed by atoms with van der Waals surface area (Å²) in [6.07, 6.45) is 1.48. The number of rotatable bonds is 6. The van der Waals surface area contributed by atoms with Crippen molar-refractivity contribution in [2.45, 2.75) is 6.92 Å². The number of benzene rings is 3. The van der Waals surface area contributed by atoms with Crippen molar-refractivity contribution in [2.24, 2.45) is 0 Å². The van der Waals surface area contributed by atoms with Crippen LogP contribution in [0.15, 0.2) is 83.8 Å². The molecule has 4 aromatic rings. The van der Waals surface area contributed by atoms with Gasteiger partial charge in [-0.1, -0.05) is 35.9 Å². The highest BCUT2D eigenvalue weighted by molar-refractivity contribution is 6.32. The van der Waals surface area contributed by atoms with Crippen LogP contribution < -0.4 is 15.6 Å². The lowest BCUT2D eigenvalue weighted by Gasteiger charge is -2.26. The third-order valence-electron chi connectivity index (χ3n) is 5.94. The zero-order chi connectivity index (χ0) is 25.8. The fourth-order valence-electron chi connectivity index (χ4n) is 4.02. The summed E-state index contributed by atoms with van der Waals surface area (Å²) >= 11 is 6.35. The van der Waals surface area contributed by atoms with E-state index in [0.717, 1.165) is 5.56 Å². The molecule has 0 spiro atoms. The van der Waals surface area contributed by atoms with Crippen LogP contribution in [0.25, 0.3) is 5.69 Å². The first kappa shape index (κ1) is 24.5. The lowest BCUT2D eigenvalue weighted by atomic mass is 10.1. The normalized spacial score (nSPS) is 13.3. The summed E-state index contributed by atoms with van der Waals surface area (Å²) in [5, 5.41) is 7.87. The first-order valence-electron chi connectivity index (χ1n) is 11.9. The molecule has 8 nitrogen and oxygen atoms in total. The number of carbonyl (C=O) groups excluding carboxylic acids is 1. The number of ether oxygens (including phenoxy) is 2. The maximum absolute atomic E-state index is 13.6. The van der Waals surface area contributed by atoms with Crippen molar-refractivity contribution in [2.75, 3.05) is 31.6 Å². The molecule has 1 amide bonds. The van der Waals surface area contributed by atoms with E-state index in [1.165, 1.54) is 10.9 Å². The Morgan fingerprint density at radius 1 is 1.03 bits per heavy atom. The van der Waals surface area contributed by atoms with Gasteiger partial charge >= 0.3 is 0 Å². The second-order valence-corrected chi connectivity index (χ2v) is 8.98. The Balaban J connectivity index is 1.49. The third-order valence-corrected chi connectivity index (χ3v) is 6.26. The lowest BCUT2D eigenvalue weighted by Crippen LogP contribution is -2.40. The summed E-state index contributed by atoms with van der Waals surface area (Å²) < 4.78 is 12.6. The molecule has 1 fully saturated rings. The average molecular weight is 517 g/mol. The molecular weight excluding hydrogens is 492 g/mol. The van der Waals surface area contributed by atoms with Gasteiger partial charge in [0.1, 0.15) is 5.75 Å². The van der Waals surface area contributed by atoms with Gasteiger partial charge in [-0.25, -0.2) is 0 Å². The molecule has 1 aliphatic rings. The highest BCUT2D eigenvalue weighted by Gasteiger charge is 2.20. The number of morpholine rings is 1. The lowest BCUT2D eigenvalue weighted by molar-refractivity contribution is 0.0303. The van der Waals surface area contributed by atoms with Gasteiger partial charge in [-0.3, -0.25) is 9.59 Å². The summed E-state index contributed by atoms with van der Waals surface area (Å²) in [4.78, 5) is 28.2. The molecule has 0 radical (unpaired) electrons. The van der Waals surface area contributed by atoms with Gasteiger partial charge in [-0.15, -0.1) is 0 Å². The van der Waals surface area contributed by atoms with Gasteiger partial charge in [-0.05, 0) is 61.0 Å². The van der Waals surface area contributed by atoms with Crippen LogP contribution in [-0.4, -0.2) is 46.9 Å². The zero-order valence-corrected chi connectivity index (χ0v) is 20.9. The Morgan fingerprint density at radius 3 is 2.51 bits per heavy atom. The molecule has 188 valence electrons. The van der Waals surface area contributed by atoms with E-state index >= 15 is 0 Å². The molecule has 0 unspecified atom stereocenters. The number of nitrogens with one attached hydrogen (secondary N) is 1. The largest absolute Gasteiger partial charge is 0.453 e. The summed E-state index contributed by atoms with van der Waals surface area (Å²) in [6, 6.07) is 21.5. The summed E-state index contributed by atoms with van der Waals surface area (Å²) in [5.41, 5.74) is 2.39. The maximum Gasteiger partial charge on any atom is 0.299 e. The van der Waals surface area contributed by atoms with Crippen LogP contribution in [0.2, 0.25) is 5.02 Å². The SMILES string of the molecule is Cc1cccc(Oc2cnn(-c3ccccc3Cl)c(=O)c2Nc2ccc(C(=O)N3CCOCC3)cc2)c1. The van der Waals surface area contributed by atoms with Crippen molar-refractivity contribution < 1.29 is 14.3 Å². The van der Waals surface area contributed by atoms with E-state index in [0.29, 0.717) is 54.0 Å². The number of hydrogen-bond donors (Lipinski definition) is 1. The summed E-state index contributed by atoms with van der Waals surface area (Å²) in [6.45, 7) is 4.16. The Labute approximate surface area is 219 Å². The van der Waals surface area contributed by atoms with Crippen LogP contribution in [0.4, 0.5) is 11.4 Å². The van der Waals surface area contributed by atoms with Crippen LogP contribution in [0.1, 0.15) is 15.9 Å². The van der Waals surface area contributed by atoms with Crippen molar-refractivity contribution in [1.82, 2.24) is 14.7 Å². The molecule has 2 heterocycles. The van der Waals surface area contributed by atoms with Crippen LogP contribution >= 0.6 is 11.6 Å². The highest BCUT2D eigenvalue weighted by atomic mass is 35.5. The molecule has 5 rings (SSSR count). The topological polar surface area (TPSA) is 85.7 Å². The molecule has 37 heavy (non-hydrogen) atoms. The van der Waals surface area contributed by atoms with E-state index in [1.54, 1.807) is 53.4 Å². The van der Waals surface area contributed by atoms with Crippen molar-refractivity contribution in [3.63, 3.8) is 0 Å². The molecule has 9 heteroatoms. The van der Waals surface area contributed by atoms with Gasteiger partial charge in [0.15, 0.2) is 11.4 Å². The number of carbonyl (C=O) groups is 1. The van der Waals surface area contributed by atoms with E-state index in [1.807, 2.05) is 31.2 Å². The van der Waals surface area contributed by atoms with E-state index in [4.69, 9.17) is 21.1 Å². The van der Waals surface area contributed by atoms with E-state index in [2.05, 4.69) is 10.4 Å². The average Bonchev–Trinajstić information content (AvgIpc) is 2.92. The molecule has 3 aromatic carbocycles. The molecular formula is C28H25ClN4O4. The first-order chi connectivity index (χ1) is 18.0. The minimum absolute atomic E-state index is 0.0525. The van der Waals surface area contributed by atoms with Gasteiger partial charge < -0.3 is 19.7 Å². The number of aryl methyl sites for hydroxylation is 1. The van der Waals surface area contributed by atoms with E-state index < -0.39 is 5.56 Å². The monoisotopic (exact) mass is 516 g/mol. The number of hydrogen-bond acceptors (Lipinski definition) is 6. The summed E-state index contributed by atoms with van der Waals surface area (Å²) in [5.74, 6) is 0.780. The Hall–Kier alpha value is -4.14. The Kier molecular flexibility index (Phi) is 7.20. The number of amides is 1. The highest BCUT2D eigenvalue weighted by Crippen LogP contribution is 2.30. The first-order valence-corrected chi connectivity index (χ1v) is 12.2. The minimum Gasteiger partial charge on any atom is -0.453 e. The molecule has 0 bridgehead atoms. The number of halogens is 1. The van der Waals surface area contributed by atoms with Gasteiger partial charge in [0.25, 0.3) is 11.5 Å². The van der Waals surface area contributed by atoms with Gasteiger partial charge in [0.05, 0.1) is 30.1 Å². The molecule has 1 saturated heterocycles. The zero-order valence-electron chi connectivity index (χ0n) is 20.2. The standard InChI is InChI=1S/C28H25ClN4O4/c1-19-5-4-6-22(17-19)37-25-18-30-33(24-8-3-2-7-23(24)29)28(35)26(25)31-21-11-9-20(10-12-21)27(34)32-13-15-36-16-14-32/h2-12,17-18,31H,13-16H2,1H3. The number of para-hydroxylation sites is 1. The smallest absolute Gasteiger partial charge is 0.299 e. The Morgan fingerprint density at radius 2 is 1.78 bits per heavy atom. The minimum atomic E-state index is -0.438. The van der Waals surface area contributed by atoms with E-state index in [9.17, 15) is 9.59 Å². The van der Waals surface area contributed by atoms with Crippen molar-refractivity contribution in [3.8, 4) is 17.2 Å². The predicted molar refractivity (Wildman–Crippen MR) is 143 cm³/mol. The fraction of sp³-hybridized carbons (Fsp3) is 0.179. The third kappa shape index (κ3) is 5.50. The van der Waals surface area contributed by atoms with Gasteiger partial charge in [-0.2, -0.15) is 9.78 Å². The van der Waals surface area contributed by atoms with Crippen molar-refractivity contribution >= 4 is 28.9 Å². The van der Waals surface area contributed by atoms with Gasteiger partial charge in [0, 0.05) is 24.3 Å². The van der Waals surface area contributed by atoms with E-state index in [-0.39, 0.29) is 17.3 Å². The van der Waals surface area contributed by atoms with Crippen LogP contribution in [0.3, 0.4) is 0 Å². The molecule has 0 aliphatic carbocycles. The quantitative estimate of drug-likeness (QED) is 0.379.